The number of nitrogens with two attached hydrogens (primary N) is 1. The summed E-state index contributed by atoms with van der Waals surface area (Å²) in [4.78, 5) is 0. The second kappa shape index (κ2) is 5.81. The lowest BCUT2D eigenvalue weighted by Crippen LogP contribution is -2.17. The molecule has 1 aromatic rings. The number of hydrogen-bond acceptors (Lipinski definition) is 3. The molecule has 0 spiro atoms. The van der Waals surface area contributed by atoms with Crippen LogP contribution in [0.15, 0.2) is 12.1 Å². The Hall–Kier alpha value is -0.930. The van der Waals surface area contributed by atoms with Crippen LogP contribution in [0.5, 0.6) is 11.5 Å². The molecule has 0 fully saturated rings. The maximum atomic E-state index is 6.33. The highest BCUT2D eigenvalue weighted by atomic mass is 35.5. The van der Waals surface area contributed by atoms with Crippen LogP contribution in [0.3, 0.4) is 0 Å². The van der Waals surface area contributed by atoms with Gasteiger partial charge in [0.1, 0.15) is 13.2 Å². The zero-order valence-corrected chi connectivity index (χ0v) is 11.7. The molecule has 2 atom stereocenters. The number of rotatable bonds is 4. The van der Waals surface area contributed by atoms with Gasteiger partial charge >= 0.3 is 0 Å². The molecule has 1 aliphatic rings. The maximum Gasteiger partial charge on any atom is 0.162 e. The summed E-state index contributed by atoms with van der Waals surface area (Å²) >= 11 is 6.33. The molecule has 4 heteroatoms. The highest BCUT2D eigenvalue weighted by Crippen LogP contribution is 2.40. The normalized spacial score (nSPS) is 17.3. The molecule has 0 radical (unpaired) electrons. The Morgan fingerprint density at radius 2 is 1.83 bits per heavy atom. The quantitative estimate of drug-likeness (QED) is 0.913. The predicted molar refractivity (Wildman–Crippen MR) is 73.7 cm³/mol. The first-order valence-electron chi connectivity index (χ1n) is 6.42. The van der Waals surface area contributed by atoms with Gasteiger partial charge in [0.05, 0.1) is 0 Å². The first-order valence-corrected chi connectivity index (χ1v) is 6.80. The van der Waals surface area contributed by atoms with Crippen molar-refractivity contribution < 1.29 is 9.47 Å². The van der Waals surface area contributed by atoms with Crippen LogP contribution in [0.25, 0.3) is 0 Å². The summed E-state index contributed by atoms with van der Waals surface area (Å²) < 4.78 is 11.1. The largest absolute Gasteiger partial charge is 0.486 e. The third kappa shape index (κ3) is 2.73. The van der Waals surface area contributed by atoms with Crippen molar-refractivity contribution in [3.63, 3.8) is 0 Å². The minimum Gasteiger partial charge on any atom is -0.486 e. The van der Waals surface area contributed by atoms with Crippen molar-refractivity contribution in [1.29, 1.82) is 0 Å². The Balaban J connectivity index is 2.27. The van der Waals surface area contributed by atoms with Crippen LogP contribution in [0.4, 0.5) is 0 Å². The summed E-state index contributed by atoms with van der Waals surface area (Å²) in [5.41, 5.74) is 6.73. The third-order valence-corrected chi connectivity index (χ3v) is 3.95. The van der Waals surface area contributed by atoms with Crippen LogP contribution in [-0.4, -0.2) is 19.8 Å². The molecule has 3 nitrogen and oxygen atoms in total. The van der Waals surface area contributed by atoms with Gasteiger partial charge in [-0.1, -0.05) is 25.4 Å². The minimum absolute atomic E-state index is 0.358. The Bertz CT molecular complexity index is 423. The van der Waals surface area contributed by atoms with Crippen molar-refractivity contribution >= 4 is 11.6 Å². The van der Waals surface area contributed by atoms with Crippen LogP contribution in [-0.2, 0) is 0 Å². The zero-order chi connectivity index (χ0) is 13.1. The lowest BCUT2D eigenvalue weighted by molar-refractivity contribution is 0.171. The fourth-order valence-electron chi connectivity index (χ4n) is 2.25. The van der Waals surface area contributed by atoms with Gasteiger partial charge < -0.3 is 15.2 Å². The number of fused-ring (bicyclic) bond motifs is 1. The van der Waals surface area contributed by atoms with E-state index in [2.05, 4.69) is 13.8 Å². The lowest BCUT2D eigenvalue weighted by Gasteiger charge is -2.24. The van der Waals surface area contributed by atoms with Crippen LogP contribution < -0.4 is 15.2 Å². The zero-order valence-electron chi connectivity index (χ0n) is 10.9. The van der Waals surface area contributed by atoms with Gasteiger partial charge in [-0.3, -0.25) is 0 Å². The number of hydrogen-bond donors (Lipinski definition) is 1. The van der Waals surface area contributed by atoms with Crippen LogP contribution in [0.1, 0.15) is 31.7 Å². The fraction of sp³-hybridized carbons (Fsp3) is 0.571. The second-order valence-corrected chi connectivity index (χ2v) is 5.27. The van der Waals surface area contributed by atoms with Gasteiger partial charge in [-0.15, -0.1) is 0 Å². The first kappa shape index (κ1) is 13.5. The van der Waals surface area contributed by atoms with E-state index in [1.54, 1.807) is 0 Å². The van der Waals surface area contributed by atoms with E-state index < -0.39 is 0 Å². The molecule has 0 aromatic heterocycles. The molecule has 2 N–H and O–H groups in total. The molecule has 1 aromatic carbocycles. The van der Waals surface area contributed by atoms with Gasteiger partial charge in [-0.25, -0.2) is 0 Å². The second-order valence-electron chi connectivity index (χ2n) is 4.86. The van der Waals surface area contributed by atoms with Gasteiger partial charge in [-0.05, 0) is 36.4 Å². The molecular formula is C14H20ClNO2. The van der Waals surface area contributed by atoms with E-state index in [0.29, 0.717) is 31.6 Å². The average Bonchev–Trinajstić information content (AvgIpc) is 2.37. The molecule has 100 valence electrons. The smallest absolute Gasteiger partial charge is 0.162 e. The van der Waals surface area contributed by atoms with E-state index in [9.17, 15) is 0 Å². The monoisotopic (exact) mass is 269 g/mol. The Morgan fingerprint density at radius 3 is 2.44 bits per heavy atom. The highest BCUT2D eigenvalue weighted by Gasteiger charge is 2.21. The Labute approximate surface area is 113 Å². The minimum atomic E-state index is 0.358. The highest BCUT2D eigenvalue weighted by molar-refractivity contribution is 6.31. The average molecular weight is 270 g/mol. The van der Waals surface area contributed by atoms with Crippen molar-refractivity contribution in [2.24, 2.45) is 11.7 Å². The van der Waals surface area contributed by atoms with Crippen LogP contribution in [0, 0.1) is 5.92 Å². The van der Waals surface area contributed by atoms with Crippen molar-refractivity contribution in [2.45, 2.75) is 26.2 Å². The Kier molecular flexibility index (Phi) is 4.36. The molecule has 0 amide bonds. The first-order chi connectivity index (χ1) is 8.63. The number of halogens is 1. The van der Waals surface area contributed by atoms with Gasteiger partial charge in [-0.2, -0.15) is 0 Å². The van der Waals surface area contributed by atoms with E-state index in [0.717, 1.165) is 28.5 Å². The maximum absolute atomic E-state index is 6.33. The topological polar surface area (TPSA) is 44.5 Å². The lowest BCUT2D eigenvalue weighted by atomic mass is 9.86. The SMILES string of the molecule is CC(CCN)C(C)c1cc2c(cc1Cl)OCCO2. The predicted octanol–water partition coefficient (Wildman–Crippen LogP) is 3.20. The summed E-state index contributed by atoms with van der Waals surface area (Å²) in [6, 6.07) is 3.87. The Morgan fingerprint density at radius 1 is 1.22 bits per heavy atom. The summed E-state index contributed by atoms with van der Waals surface area (Å²) in [7, 11) is 0. The molecule has 2 rings (SSSR count). The molecule has 1 aliphatic heterocycles. The molecule has 0 saturated heterocycles. The molecule has 0 saturated carbocycles. The summed E-state index contributed by atoms with van der Waals surface area (Å²) in [5, 5.41) is 0.746. The standard InChI is InChI=1S/C14H20ClNO2/c1-9(3-4-16)10(2)11-7-13-14(8-12(11)15)18-6-5-17-13/h7-10H,3-6,16H2,1-2H3. The van der Waals surface area contributed by atoms with Gasteiger partial charge in [0, 0.05) is 11.1 Å². The summed E-state index contributed by atoms with van der Waals surface area (Å²) in [6.45, 7) is 6.26. The molecule has 1 heterocycles. The van der Waals surface area contributed by atoms with E-state index in [1.165, 1.54) is 0 Å². The molecule has 2 unspecified atom stereocenters. The van der Waals surface area contributed by atoms with Gasteiger partial charge in [0.15, 0.2) is 11.5 Å². The molecule has 0 bridgehead atoms. The van der Waals surface area contributed by atoms with E-state index in [1.807, 2.05) is 12.1 Å². The summed E-state index contributed by atoms with van der Waals surface area (Å²) in [5.74, 6) is 2.40. The van der Waals surface area contributed by atoms with Crippen molar-refractivity contribution in [1.82, 2.24) is 0 Å². The van der Waals surface area contributed by atoms with Gasteiger partial charge in [0.25, 0.3) is 0 Å². The number of ether oxygens (including phenoxy) is 2. The van der Waals surface area contributed by atoms with Crippen LogP contribution in [0.2, 0.25) is 5.02 Å². The third-order valence-electron chi connectivity index (χ3n) is 3.63. The van der Waals surface area contributed by atoms with E-state index in [4.69, 9.17) is 26.8 Å². The molecule has 18 heavy (non-hydrogen) atoms. The van der Waals surface area contributed by atoms with E-state index in [-0.39, 0.29) is 0 Å². The van der Waals surface area contributed by atoms with Gasteiger partial charge in [0.2, 0.25) is 0 Å². The van der Waals surface area contributed by atoms with Crippen molar-refractivity contribution in [3.8, 4) is 11.5 Å². The molecular weight excluding hydrogens is 250 g/mol. The fourth-order valence-corrected chi connectivity index (χ4v) is 2.57. The van der Waals surface area contributed by atoms with Crippen LogP contribution >= 0.6 is 11.6 Å². The van der Waals surface area contributed by atoms with Crippen molar-refractivity contribution in [2.75, 3.05) is 19.8 Å². The van der Waals surface area contributed by atoms with E-state index >= 15 is 0 Å². The van der Waals surface area contributed by atoms with Crippen molar-refractivity contribution in [3.05, 3.63) is 22.7 Å². The molecule has 0 aliphatic carbocycles. The summed E-state index contributed by atoms with van der Waals surface area (Å²) in [6.07, 6.45) is 0.992. The number of benzene rings is 1.